The van der Waals surface area contributed by atoms with Gasteiger partial charge >= 0.3 is 5.97 Å². The molecular weight excluding hydrogens is 136 g/mol. The van der Waals surface area contributed by atoms with Crippen LogP contribution in [0.4, 0.5) is 0 Å². The molecule has 3 nitrogen and oxygen atoms in total. The van der Waals surface area contributed by atoms with Crippen molar-refractivity contribution in [2.45, 2.75) is 6.92 Å². The van der Waals surface area contributed by atoms with E-state index in [1.807, 2.05) is 0 Å². The summed E-state index contributed by atoms with van der Waals surface area (Å²) in [7, 11) is 1.26. The van der Waals surface area contributed by atoms with Crippen molar-refractivity contribution in [1.82, 2.24) is 0 Å². The summed E-state index contributed by atoms with van der Waals surface area (Å²) in [6.45, 7) is 4.86. The summed E-state index contributed by atoms with van der Waals surface area (Å²) >= 11 is 0. The zero-order valence-corrected chi connectivity index (χ0v) is 6.43. The number of carbonyl (C=O) groups is 1. The minimum Gasteiger partial charge on any atom is -0.294 e. The number of hydrogen-bond donors (Lipinski definition) is 0. The molecule has 0 fully saturated rings. The Morgan fingerprint density at radius 2 is 2.00 bits per heavy atom. The predicted molar refractivity (Wildman–Crippen MR) is 33.7 cm³/mol. The van der Waals surface area contributed by atoms with Crippen molar-refractivity contribution in [3.05, 3.63) is 12.2 Å². The largest absolute Gasteiger partial charge is 0.368 e. The fraction of sp³-hybridized carbons (Fsp3) is 0.400. The Hall–Kier alpha value is -0.613. The summed E-state index contributed by atoms with van der Waals surface area (Å²) in [5, 5.41) is 0. The maximum atomic E-state index is 10.3. The van der Waals surface area contributed by atoms with E-state index in [9.17, 15) is 4.79 Å². The summed E-state index contributed by atoms with van der Waals surface area (Å²) in [6.07, 6.45) is 0. The predicted octanol–water partition coefficient (Wildman–Crippen LogP) is 0.286. The number of rotatable bonds is 2. The summed E-state index contributed by atoms with van der Waals surface area (Å²) in [5.41, 5.74) is 0.326. The molecule has 0 aliphatic carbocycles. The first-order valence-corrected chi connectivity index (χ1v) is 2.09. The van der Waals surface area contributed by atoms with Gasteiger partial charge in [0.2, 0.25) is 0 Å². The molecule has 0 aromatic carbocycles. The first-order chi connectivity index (χ1) is 3.68. The zero-order chi connectivity index (χ0) is 6.57. The highest BCUT2D eigenvalue weighted by Crippen LogP contribution is 1.89. The number of carbonyl (C=O) groups excluding carboxylic acids is 1. The molecule has 0 aromatic heterocycles. The highest BCUT2D eigenvalue weighted by Gasteiger charge is 2.00. The van der Waals surface area contributed by atoms with Crippen LogP contribution in [-0.4, -0.2) is 24.0 Å². The molecule has 0 aliphatic heterocycles. The van der Waals surface area contributed by atoms with E-state index in [4.69, 9.17) is 0 Å². The van der Waals surface area contributed by atoms with Gasteiger partial charge in [-0.25, -0.2) is 4.79 Å². The molecule has 0 amide bonds. The topological polar surface area (TPSA) is 35.5 Å². The Morgan fingerprint density at radius 3 is 2.11 bits per heavy atom. The van der Waals surface area contributed by atoms with Crippen LogP contribution in [-0.2, 0) is 14.6 Å². The highest BCUT2D eigenvalue weighted by molar-refractivity contribution is 5.86. The van der Waals surface area contributed by atoms with Crippen molar-refractivity contribution < 1.29 is 14.6 Å². The van der Waals surface area contributed by atoms with Gasteiger partial charge in [0, 0.05) is 16.5 Å². The molecule has 0 bridgehead atoms. The summed E-state index contributed by atoms with van der Waals surface area (Å²) < 4.78 is 0. The van der Waals surface area contributed by atoms with Crippen molar-refractivity contribution >= 4 is 16.9 Å². The summed E-state index contributed by atoms with van der Waals surface area (Å²) in [6, 6.07) is 0. The standard InChI is InChI=1S/C5H8O3.Si/c1-4(2)5(6)8-7-3;/h1H2,2-3H3;. The van der Waals surface area contributed by atoms with Crippen LogP contribution in [0.1, 0.15) is 6.92 Å². The van der Waals surface area contributed by atoms with Gasteiger partial charge in [-0.3, -0.25) is 4.89 Å². The molecule has 0 unspecified atom stereocenters. The average Bonchev–Trinajstić information content (AvgIpc) is 1.67. The Morgan fingerprint density at radius 1 is 1.56 bits per heavy atom. The highest BCUT2D eigenvalue weighted by atomic mass is 28.1. The van der Waals surface area contributed by atoms with Gasteiger partial charge in [-0.05, 0) is 6.92 Å². The lowest BCUT2D eigenvalue weighted by Gasteiger charge is -1.94. The molecule has 0 aromatic rings. The smallest absolute Gasteiger partial charge is 0.294 e. The monoisotopic (exact) mass is 144 g/mol. The molecule has 50 valence electrons. The second-order valence-electron chi connectivity index (χ2n) is 1.32. The van der Waals surface area contributed by atoms with E-state index in [0.29, 0.717) is 5.57 Å². The first kappa shape index (κ1) is 11.2. The quantitative estimate of drug-likeness (QED) is 0.242. The average molecular weight is 144 g/mol. The second-order valence-corrected chi connectivity index (χ2v) is 1.32. The van der Waals surface area contributed by atoms with Crippen LogP contribution in [0, 0.1) is 0 Å². The van der Waals surface area contributed by atoms with Crippen LogP contribution in [0.15, 0.2) is 12.2 Å². The molecule has 0 atom stereocenters. The molecule has 0 saturated carbocycles. The van der Waals surface area contributed by atoms with Gasteiger partial charge in [-0.1, -0.05) is 6.58 Å². The molecular formula is C5H8O3Si. The molecule has 0 rings (SSSR count). The third kappa shape index (κ3) is 5.25. The van der Waals surface area contributed by atoms with E-state index < -0.39 is 5.97 Å². The van der Waals surface area contributed by atoms with Crippen molar-refractivity contribution in [2.24, 2.45) is 0 Å². The molecule has 0 spiro atoms. The number of hydrogen-bond acceptors (Lipinski definition) is 3. The van der Waals surface area contributed by atoms with E-state index in [1.165, 1.54) is 7.11 Å². The third-order valence-corrected chi connectivity index (χ3v) is 0.507. The van der Waals surface area contributed by atoms with Gasteiger partial charge in [-0.2, -0.15) is 4.89 Å². The van der Waals surface area contributed by atoms with Crippen molar-refractivity contribution in [3.8, 4) is 0 Å². The fourth-order valence-electron chi connectivity index (χ4n) is 0.147. The van der Waals surface area contributed by atoms with Gasteiger partial charge in [0.05, 0.1) is 7.11 Å². The van der Waals surface area contributed by atoms with E-state index in [-0.39, 0.29) is 11.0 Å². The van der Waals surface area contributed by atoms with Crippen LogP contribution in [0.2, 0.25) is 0 Å². The zero-order valence-electron chi connectivity index (χ0n) is 5.43. The molecule has 9 heavy (non-hydrogen) atoms. The van der Waals surface area contributed by atoms with E-state index >= 15 is 0 Å². The third-order valence-electron chi connectivity index (χ3n) is 0.507. The van der Waals surface area contributed by atoms with E-state index in [2.05, 4.69) is 16.4 Å². The van der Waals surface area contributed by atoms with Crippen molar-refractivity contribution in [2.75, 3.05) is 7.11 Å². The van der Waals surface area contributed by atoms with Crippen molar-refractivity contribution in [3.63, 3.8) is 0 Å². The minimum atomic E-state index is -0.535. The van der Waals surface area contributed by atoms with Crippen LogP contribution >= 0.6 is 0 Å². The molecule has 0 heterocycles. The van der Waals surface area contributed by atoms with Gasteiger partial charge < -0.3 is 0 Å². The maximum Gasteiger partial charge on any atom is 0.368 e. The van der Waals surface area contributed by atoms with E-state index in [0.717, 1.165) is 0 Å². The Bertz CT molecular complexity index is 111. The maximum absolute atomic E-state index is 10.3. The summed E-state index contributed by atoms with van der Waals surface area (Å²) in [5.74, 6) is -0.535. The lowest BCUT2D eigenvalue weighted by atomic mass is 10.4. The Kier molecular flexibility index (Phi) is 6.88. The van der Waals surface area contributed by atoms with Crippen LogP contribution in [0.3, 0.4) is 0 Å². The second kappa shape index (κ2) is 5.52. The summed E-state index contributed by atoms with van der Waals surface area (Å²) in [4.78, 5) is 18.4. The minimum absolute atomic E-state index is 0. The van der Waals surface area contributed by atoms with Crippen LogP contribution < -0.4 is 0 Å². The SMILES string of the molecule is C=C(C)C(=O)OOC.[Si]. The molecule has 0 saturated heterocycles. The Labute approximate surface area is 58.6 Å². The van der Waals surface area contributed by atoms with Gasteiger partial charge in [0.1, 0.15) is 0 Å². The molecule has 0 aliphatic rings. The Balaban J connectivity index is 0. The normalized spacial score (nSPS) is 7.33. The van der Waals surface area contributed by atoms with Crippen LogP contribution in [0.5, 0.6) is 0 Å². The first-order valence-electron chi connectivity index (χ1n) is 2.09. The van der Waals surface area contributed by atoms with Gasteiger partial charge in [0.25, 0.3) is 0 Å². The van der Waals surface area contributed by atoms with Gasteiger partial charge in [0.15, 0.2) is 0 Å². The molecule has 4 heteroatoms. The van der Waals surface area contributed by atoms with Crippen LogP contribution in [0.25, 0.3) is 0 Å². The van der Waals surface area contributed by atoms with Crippen molar-refractivity contribution in [1.29, 1.82) is 0 Å². The molecule has 0 N–H and O–H groups in total. The van der Waals surface area contributed by atoms with E-state index in [1.54, 1.807) is 6.92 Å². The van der Waals surface area contributed by atoms with Gasteiger partial charge in [-0.15, -0.1) is 0 Å². The lowest BCUT2D eigenvalue weighted by Crippen LogP contribution is -2.02. The fourth-order valence-corrected chi connectivity index (χ4v) is 0.147. The molecule has 4 radical (unpaired) electrons. The lowest BCUT2D eigenvalue weighted by molar-refractivity contribution is -0.250.